The molecule has 0 radical (unpaired) electrons. The van der Waals surface area contributed by atoms with Crippen LogP contribution in [0.4, 0.5) is 5.69 Å². The molecule has 2 aromatic rings. The summed E-state index contributed by atoms with van der Waals surface area (Å²) in [5, 5.41) is 12.2. The van der Waals surface area contributed by atoms with E-state index in [2.05, 4.69) is 31.3 Å². The molecule has 0 aliphatic carbocycles. The van der Waals surface area contributed by atoms with Crippen LogP contribution in [0.1, 0.15) is 20.9 Å². The van der Waals surface area contributed by atoms with E-state index >= 15 is 0 Å². The molecule has 0 spiro atoms. The molecule has 98 valence electrons. The zero-order chi connectivity index (χ0) is 13.8. The van der Waals surface area contributed by atoms with Crippen LogP contribution in [0.15, 0.2) is 24.3 Å². The number of nitriles is 1. The van der Waals surface area contributed by atoms with E-state index < -0.39 is 0 Å². The Morgan fingerprint density at radius 3 is 2.68 bits per heavy atom. The maximum Gasteiger partial charge on any atom is 0.143 e. The zero-order valence-electron chi connectivity index (χ0n) is 11.3. The van der Waals surface area contributed by atoms with Crippen molar-refractivity contribution < 1.29 is 4.74 Å². The van der Waals surface area contributed by atoms with Gasteiger partial charge in [-0.3, -0.25) is 0 Å². The fourth-order valence-corrected chi connectivity index (χ4v) is 2.90. The summed E-state index contributed by atoms with van der Waals surface area (Å²) in [5.74, 6) is 0.698. The maximum absolute atomic E-state index is 8.87. The van der Waals surface area contributed by atoms with Gasteiger partial charge in [0.15, 0.2) is 0 Å². The molecule has 0 bridgehead atoms. The van der Waals surface area contributed by atoms with E-state index in [9.17, 15) is 0 Å². The minimum absolute atomic E-state index is 0.602. The monoisotopic (exact) mass is 272 g/mol. The van der Waals surface area contributed by atoms with Crippen LogP contribution in [0.2, 0.25) is 0 Å². The third-order valence-corrected chi connectivity index (χ3v) is 3.95. The molecule has 1 aromatic carbocycles. The Kier molecular flexibility index (Phi) is 4.08. The molecule has 4 heteroatoms. The van der Waals surface area contributed by atoms with E-state index in [0.717, 1.165) is 12.2 Å². The summed E-state index contributed by atoms with van der Waals surface area (Å²) in [6, 6.07) is 9.72. The highest BCUT2D eigenvalue weighted by atomic mass is 32.1. The van der Waals surface area contributed by atoms with Crippen LogP contribution >= 0.6 is 11.3 Å². The number of methoxy groups -OCH3 is 1. The second kappa shape index (κ2) is 5.77. The Balaban J connectivity index is 2.15. The van der Waals surface area contributed by atoms with Gasteiger partial charge in [0.2, 0.25) is 0 Å². The molecule has 1 N–H and O–H groups in total. The molecule has 19 heavy (non-hydrogen) atoms. The molecule has 0 atom stereocenters. The Bertz CT molecular complexity index is 626. The summed E-state index contributed by atoms with van der Waals surface area (Å²) >= 11 is 1.81. The van der Waals surface area contributed by atoms with Crippen molar-refractivity contribution in [3.05, 3.63) is 45.1 Å². The summed E-state index contributed by atoms with van der Waals surface area (Å²) < 4.78 is 5.30. The van der Waals surface area contributed by atoms with Gasteiger partial charge in [0.05, 0.1) is 24.4 Å². The number of ether oxygens (including phenoxy) is 1. The first-order valence-corrected chi connectivity index (χ1v) is 6.83. The largest absolute Gasteiger partial charge is 0.495 e. The number of hydrogen-bond donors (Lipinski definition) is 1. The third-order valence-electron chi connectivity index (χ3n) is 2.94. The van der Waals surface area contributed by atoms with Gasteiger partial charge in [-0.2, -0.15) is 5.26 Å². The van der Waals surface area contributed by atoms with Gasteiger partial charge in [-0.25, -0.2) is 0 Å². The summed E-state index contributed by atoms with van der Waals surface area (Å²) in [7, 11) is 1.61. The van der Waals surface area contributed by atoms with E-state index in [-0.39, 0.29) is 0 Å². The molecule has 0 aliphatic heterocycles. The van der Waals surface area contributed by atoms with Crippen molar-refractivity contribution in [2.45, 2.75) is 20.4 Å². The molecule has 0 saturated heterocycles. The number of anilines is 1. The van der Waals surface area contributed by atoms with Gasteiger partial charge in [0.1, 0.15) is 5.75 Å². The first-order valence-electron chi connectivity index (χ1n) is 6.02. The minimum atomic E-state index is 0.602. The Labute approximate surface area is 117 Å². The van der Waals surface area contributed by atoms with Crippen molar-refractivity contribution in [2.24, 2.45) is 0 Å². The van der Waals surface area contributed by atoms with Crippen LogP contribution in [-0.2, 0) is 6.54 Å². The van der Waals surface area contributed by atoms with Crippen molar-refractivity contribution in [3.8, 4) is 11.8 Å². The van der Waals surface area contributed by atoms with Crippen molar-refractivity contribution in [3.63, 3.8) is 0 Å². The van der Waals surface area contributed by atoms with Crippen molar-refractivity contribution in [1.82, 2.24) is 0 Å². The van der Waals surface area contributed by atoms with Gasteiger partial charge in [-0.05, 0) is 37.6 Å². The summed E-state index contributed by atoms with van der Waals surface area (Å²) in [6.45, 7) is 5.01. The number of benzene rings is 1. The highest BCUT2D eigenvalue weighted by Gasteiger charge is 2.06. The molecule has 3 nitrogen and oxygen atoms in total. The number of nitrogens with one attached hydrogen (secondary N) is 1. The normalized spacial score (nSPS) is 10.0. The van der Waals surface area contributed by atoms with Crippen LogP contribution < -0.4 is 10.1 Å². The Morgan fingerprint density at radius 1 is 1.32 bits per heavy atom. The lowest BCUT2D eigenvalue weighted by molar-refractivity contribution is 0.416. The zero-order valence-corrected chi connectivity index (χ0v) is 12.1. The smallest absolute Gasteiger partial charge is 0.143 e. The minimum Gasteiger partial charge on any atom is -0.495 e. The molecule has 0 saturated carbocycles. The molecular formula is C15H16N2OS. The molecular weight excluding hydrogens is 256 g/mol. The molecule has 0 aliphatic rings. The second-order valence-electron chi connectivity index (χ2n) is 4.32. The molecule has 0 fully saturated rings. The SMILES string of the molecule is COc1cc(C#N)ccc1NCc1cc(C)sc1C. The van der Waals surface area contributed by atoms with Crippen LogP contribution in [-0.4, -0.2) is 7.11 Å². The quantitative estimate of drug-likeness (QED) is 0.919. The standard InChI is InChI=1S/C15H16N2OS/c1-10-6-13(11(2)19-10)9-17-14-5-4-12(8-16)7-15(14)18-3/h4-7,17H,9H2,1-3H3. The molecule has 0 unspecified atom stereocenters. The highest BCUT2D eigenvalue weighted by Crippen LogP contribution is 2.27. The first kappa shape index (κ1) is 13.4. The maximum atomic E-state index is 8.87. The molecule has 0 amide bonds. The summed E-state index contributed by atoms with van der Waals surface area (Å²) in [4.78, 5) is 2.65. The van der Waals surface area contributed by atoms with Gasteiger partial charge in [0.25, 0.3) is 0 Å². The van der Waals surface area contributed by atoms with E-state index in [1.807, 2.05) is 6.07 Å². The number of hydrogen-bond acceptors (Lipinski definition) is 4. The summed E-state index contributed by atoms with van der Waals surface area (Å²) in [6.07, 6.45) is 0. The van der Waals surface area contributed by atoms with Gasteiger partial charge in [-0.1, -0.05) is 0 Å². The number of rotatable bonds is 4. The van der Waals surface area contributed by atoms with Crippen LogP contribution in [0, 0.1) is 25.2 Å². The lowest BCUT2D eigenvalue weighted by Crippen LogP contribution is -2.01. The van der Waals surface area contributed by atoms with Crippen molar-refractivity contribution in [2.75, 3.05) is 12.4 Å². The van der Waals surface area contributed by atoms with Gasteiger partial charge in [-0.15, -0.1) is 11.3 Å². The lowest BCUT2D eigenvalue weighted by Gasteiger charge is -2.11. The van der Waals surface area contributed by atoms with E-state index in [4.69, 9.17) is 10.00 Å². The fraction of sp³-hybridized carbons (Fsp3) is 0.267. The Morgan fingerprint density at radius 2 is 2.11 bits per heavy atom. The fourth-order valence-electron chi connectivity index (χ4n) is 1.96. The van der Waals surface area contributed by atoms with Gasteiger partial charge < -0.3 is 10.1 Å². The van der Waals surface area contributed by atoms with E-state index in [0.29, 0.717) is 11.3 Å². The van der Waals surface area contributed by atoms with Crippen LogP contribution in [0.25, 0.3) is 0 Å². The van der Waals surface area contributed by atoms with Crippen LogP contribution in [0.5, 0.6) is 5.75 Å². The first-order chi connectivity index (χ1) is 9.13. The van der Waals surface area contributed by atoms with E-state index in [1.54, 1.807) is 30.6 Å². The molecule has 1 aromatic heterocycles. The number of thiophene rings is 1. The number of aryl methyl sites for hydroxylation is 2. The predicted molar refractivity (Wildman–Crippen MR) is 78.8 cm³/mol. The van der Waals surface area contributed by atoms with Gasteiger partial charge in [0, 0.05) is 22.4 Å². The molecule has 1 heterocycles. The van der Waals surface area contributed by atoms with Crippen molar-refractivity contribution >= 4 is 17.0 Å². The highest BCUT2D eigenvalue weighted by molar-refractivity contribution is 7.12. The Hall–Kier alpha value is -1.99. The molecule has 2 rings (SSSR count). The summed E-state index contributed by atoms with van der Waals surface area (Å²) in [5.41, 5.74) is 2.81. The van der Waals surface area contributed by atoms with Gasteiger partial charge >= 0.3 is 0 Å². The second-order valence-corrected chi connectivity index (χ2v) is 5.78. The predicted octanol–water partition coefficient (Wildman–Crippen LogP) is 3.86. The third kappa shape index (κ3) is 3.07. The van der Waals surface area contributed by atoms with Crippen LogP contribution in [0.3, 0.4) is 0 Å². The van der Waals surface area contributed by atoms with Crippen molar-refractivity contribution in [1.29, 1.82) is 5.26 Å². The van der Waals surface area contributed by atoms with E-state index in [1.165, 1.54) is 15.3 Å². The average molecular weight is 272 g/mol. The lowest BCUT2D eigenvalue weighted by atomic mass is 10.2. The number of nitrogens with zero attached hydrogens (tertiary/aromatic N) is 1. The average Bonchev–Trinajstić information content (AvgIpc) is 2.74. The topological polar surface area (TPSA) is 45.0 Å².